The molecule has 2 aliphatic rings. The number of hydrogen-bond donors (Lipinski definition) is 2. The molecule has 92 valence electrons. The summed E-state index contributed by atoms with van der Waals surface area (Å²) < 4.78 is 0. The van der Waals surface area contributed by atoms with Crippen molar-refractivity contribution in [3.8, 4) is 0 Å². The van der Waals surface area contributed by atoms with Crippen molar-refractivity contribution in [1.82, 2.24) is 10.2 Å². The summed E-state index contributed by atoms with van der Waals surface area (Å²) in [4.78, 5) is 13.8. The zero-order chi connectivity index (χ0) is 11.6. The molecule has 0 saturated carbocycles. The zero-order valence-corrected chi connectivity index (χ0v) is 10.0. The van der Waals surface area contributed by atoms with Crippen molar-refractivity contribution < 1.29 is 9.90 Å². The van der Waals surface area contributed by atoms with E-state index in [2.05, 4.69) is 17.3 Å². The Bertz CT molecular complexity index is 262. The van der Waals surface area contributed by atoms with Crippen LogP contribution < -0.4 is 5.32 Å². The molecule has 0 aromatic heterocycles. The third-order valence-electron chi connectivity index (χ3n) is 4.16. The van der Waals surface area contributed by atoms with Gasteiger partial charge in [0.25, 0.3) is 0 Å². The Morgan fingerprint density at radius 1 is 1.50 bits per heavy atom. The maximum absolute atomic E-state index is 11.5. The number of aliphatic carboxylic acids is 1. The molecule has 2 fully saturated rings. The molecule has 0 aromatic carbocycles. The third kappa shape index (κ3) is 2.23. The predicted molar refractivity (Wildman–Crippen MR) is 62.5 cm³/mol. The van der Waals surface area contributed by atoms with Crippen LogP contribution in [0.1, 0.15) is 38.5 Å². The van der Waals surface area contributed by atoms with E-state index in [4.69, 9.17) is 0 Å². The number of hydrogen-bond acceptors (Lipinski definition) is 3. The molecule has 0 amide bonds. The quantitative estimate of drug-likeness (QED) is 0.756. The van der Waals surface area contributed by atoms with Gasteiger partial charge in [-0.1, -0.05) is 0 Å². The molecule has 0 spiro atoms. The van der Waals surface area contributed by atoms with E-state index in [9.17, 15) is 9.90 Å². The lowest BCUT2D eigenvalue weighted by Crippen LogP contribution is -2.57. The van der Waals surface area contributed by atoms with Gasteiger partial charge < -0.3 is 15.3 Å². The van der Waals surface area contributed by atoms with Gasteiger partial charge in [-0.2, -0.15) is 0 Å². The fourth-order valence-corrected chi connectivity index (χ4v) is 3.05. The highest BCUT2D eigenvalue weighted by Crippen LogP contribution is 2.30. The molecule has 2 aliphatic heterocycles. The minimum atomic E-state index is -0.660. The number of carboxylic acid groups (broad SMARTS) is 1. The van der Waals surface area contributed by atoms with Gasteiger partial charge in [-0.3, -0.25) is 4.79 Å². The minimum Gasteiger partial charge on any atom is -0.480 e. The van der Waals surface area contributed by atoms with Gasteiger partial charge in [0.05, 0.1) is 0 Å². The lowest BCUT2D eigenvalue weighted by atomic mass is 9.82. The summed E-state index contributed by atoms with van der Waals surface area (Å²) >= 11 is 0. The molecule has 16 heavy (non-hydrogen) atoms. The average molecular weight is 226 g/mol. The van der Waals surface area contributed by atoms with Crippen molar-refractivity contribution in [3.63, 3.8) is 0 Å². The summed E-state index contributed by atoms with van der Waals surface area (Å²) in [5.41, 5.74) is -0.651. The van der Waals surface area contributed by atoms with Gasteiger partial charge in [0, 0.05) is 6.04 Å². The Labute approximate surface area is 97.0 Å². The van der Waals surface area contributed by atoms with Gasteiger partial charge in [-0.05, 0) is 58.7 Å². The lowest BCUT2D eigenvalue weighted by Gasteiger charge is -2.37. The molecule has 4 heteroatoms. The summed E-state index contributed by atoms with van der Waals surface area (Å²) in [7, 11) is 2.11. The number of nitrogens with one attached hydrogen (secondary N) is 1. The number of likely N-dealkylation sites (tertiary alicyclic amines) is 1. The van der Waals surface area contributed by atoms with Gasteiger partial charge in [0.15, 0.2) is 0 Å². The van der Waals surface area contributed by atoms with E-state index in [0.29, 0.717) is 6.04 Å². The van der Waals surface area contributed by atoms with Crippen molar-refractivity contribution in [1.29, 1.82) is 0 Å². The van der Waals surface area contributed by atoms with Crippen LogP contribution in [-0.4, -0.2) is 47.7 Å². The van der Waals surface area contributed by atoms with Crippen molar-refractivity contribution in [2.75, 3.05) is 20.1 Å². The number of nitrogens with zero attached hydrogens (tertiary/aromatic N) is 1. The van der Waals surface area contributed by atoms with Crippen LogP contribution in [-0.2, 0) is 4.79 Å². The lowest BCUT2D eigenvalue weighted by molar-refractivity contribution is -0.147. The second-order valence-corrected chi connectivity index (χ2v) is 5.25. The Morgan fingerprint density at radius 3 is 2.81 bits per heavy atom. The highest BCUT2D eigenvalue weighted by molar-refractivity contribution is 5.79. The van der Waals surface area contributed by atoms with Crippen LogP contribution in [0, 0.1) is 0 Å². The molecule has 4 nitrogen and oxygen atoms in total. The van der Waals surface area contributed by atoms with Crippen LogP contribution in [0.5, 0.6) is 0 Å². The largest absolute Gasteiger partial charge is 0.480 e. The van der Waals surface area contributed by atoms with E-state index in [1.807, 2.05) is 0 Å². The molecule has 2 saturated heterocycles. The number of rotatable bonds is 3. The summed E-state index contributed by atoms with van der Waals surface area (Å²) in [6.07, 6.45) is 6.04. The highest BCUT2D eigenvalue weighted by Gasteiger charge is 2.42. The molecule has 2 atom stereocenters. The van der Waals surface area contributed by atoms with E-state index in [1.54, 1.807) is 0 Å². The molecular weight excluding hydrogens is 204 g/mol. The first-order valence-electron chi connectivity index (χ1n) is 6.33. The van der Waals surface area contributed by atoms with Gasteiger partial charge in [-0.15, -0.1) is 0 Å². The molecule has 0 aliphatic carbocycles. The normalized spacial score (nSPS) is 36.4. The number of carbonyl (C=O) groups is 1. The molecule has 2 unspecified atom stereocenters. The van der Waals surface area contributed by atoms with Crippen LogP contribution in [0.4, 0.5) is 0 Å². The van der Waals surface area contributed by atoms with Crippen LogP contribution in [0.25, 0.3) is 0 Å². The van der Waals surface area contributed by atoms with Gasteiger partial charge in [0.2, 0.25) is 0 Å². The molecule has 0 radical (unpaired) electrons. The maximum atomic E-state index is 11.5. The molecule has 2 rings (SSSR count). The smallest absolute Gasteiger partial charge is 0.323 e. The first-order chi connectivity index (χ1) is 7.64. The SMILES string of the molecule is CN1CCCC1CC1(C(=O)O)CCCCN1. The van der Waals surface area contributed by atoms with Gasteiger partial charge in [-0.25, -0.2) is 0 Å². The van der Waals surface area contributed by atoms with Crippen LogP contribution in [0.3, 0.4) is 0 Å². The van der Waals surface area contributed by atoms with E-state index in [-0.39, 0.29) is 0 Å². The predicted octanol–water partition coefficient (Wildman–Crippen LogP) is 1.07. The minimum absolute atomic E-state index is 0.446. The third-order valence-corrected chi connectivity index (χ3v) is 4.16. The second kappa shape index (κ2) is 4.72. The standard InChI is InChI=1S/C12H22N2O2/c1-14-8-4-5-10(14)9-12(11(15)16)6-2-3-7-13-12/h10,13H,2-9H2,1H3,(H,15,16). The Balaban J connectivity index is 2.04. The van der Waals surface area contributed by atoms with Crippen LogP contribution >= 0.6 is 0 Å². The first kappa shape index (κ1) is 11.9. The molecule has 2 N–H and O–H groups in total. The van der Waals surface area contributed by atoms with Crippen molar-refractivity contribution in [2.45, 2.75) is 50.1 Å². The monoisotopic (exact) mass is 226 g/mol. The maximum Gasteiger partial charge on any atom is 0.323 e. The highest BCUT2D eigenvalue weighted by atomic mass is 16.4. The summed E-state index contributed by atoms with van der Waals surface area (Å²) in [6.45, 7) is 1.96. The molecular formula is C12H22N2O2. The van der Waals surface area contributed by atoms with Crippen molar-refractivity contribution in [2.24, 2.45) is 0 Å². The van der Waals surface area contributed by atoms with Crippen molar-refractivity contribution in [3.05, 3.63) is 0 Å². The van der Waals surface area contributed by atoms with E-state index in [0.717, 1.165) is 45.2 Å². The van der Waals surface area contributed by atoms with E-state index >= 15 is 0 Å². The first-order valence-corrected chi connectivity index (χ1v) is 6.33. The Morgan fingerprint density at radius 2 is 2.31 bits per heavy atom. The molecule has 0 bridgehead atoms. The van der Waals surface area contributed by atoms with Crippen LogP contribution in [0.2, 0.25) is 0 Å². The fourth-order valence-electron chi connectivity index (χ4n) is 3.05. The topological polar surface area (TPSA) is 52.6 Å². The summed E-state index contributed by atoms with van der Waals surface area (Å²) in [5.74, 6) is -0.660. The van der Waals surface area contributed by atoms with Gasteiger partial charge in [0.1, 0.15) is 5.54 Å². The summed E-state index contributed by atoms with van der Waals surface area (Å²) in [6, 6.07) is 0.446. The number of carboxylic acids is 1. The van der Waals surface area contributed by atoms with Crippen molar-refractivity contribution >= 4 is 5.97 Å². The van der Waals surface area contributed by atoms with Crippen LogP contribution in [0.15, 0.2) is 0 Å². The number of piperidine rings is 1. The molecule has 2 heterocycles. The average Bonchev–Trinajstić information content (AvgIpc) is 2.65. The fraction of sp³-hybridized carbons (Fsp3) is 0.917. The summed E-state index contributed by atoms with van der Waals surface area (Å²) in [5, 5.41) is 12.7. The Kier molecular flexibility index (Phi) is 3.50. The van der Waals surface area contributed by atoms with Gasteiger partial charge >= 0.3 is 5.97 Å². The zero-order valence-electron chi connectivity index (χ0n) is 10.0. The molecule has 0 aromatic rings. The Hall–Kier alpha value is -0.610. The van der Waals surface area contributed by atoms with E-state index in [1.165, 1.54) is 6.42 Å². The second-order valence-electron chi connectivity index (χ2n) is 5.25. The van der Waals surface area contributed by atoms with E-state index < -0.39 is 11.5 Å².